The normalized spacial score (nSPS) is 29.3. The van der Waals surface area contributed by atoms with Crippen LogP contribution in [0.25, 0.3) is 0 Å². The van der Waals surface area contributed by atoms with Crippen LogP contribution in [-0.4, -0.2) is 17.4 Å². The van der Waals surface area contributed by atoms with Gasteiger partial charge < -0.3 is 9.84 Å². The smallest absolute Gasteiger partial charge is 0.450 e. The molecule has 0 aromatic rings. The minimum atomic E-state index is -1.16. The summed E-state index contributed by atoms with van der Waals surface area (Å²) in [6.45, 7) is 3.97. The van der Waals surface area contributed by atoms with Crippen molar-refractivity contribution >= 4 is 6.16 Å². The third-order valence-electron chi connectivity index (χ3n) is 1.67. The van der Waals surface area contributed by atoms with Crippen molar-refractivity contribution in [1.29, 1.82) is 0 Å². The molecule has 0 aliphatic heterocycles. The Morgan fingerprint density at radius 3 is 2.33 bits per heavy atom. The van der Waals surface area contributed by atoms with Crippen molar-refractivity contribution in [3.8, 4) is 0 Å². The fourth-order valence-electron chi connectivity index (χ4n) is 0.742. The number of rotatable bonds is 1. The van der Waals surface area contributed by atoms with Crippen molar-refractivity contribution < 1.29 is 14.6 Å². The van der Waals surface area contributed by atoms with Gasteiger partial charge in [-0.1, -0.05) is 13.8 Å². The zero-order chi connectivity index (χ0) is 7.07. The van der Waals surface area contributed by atoms with E-state index in [4.69, 9.17) is 5.11 Å². The van der Waals surface area contributed by atoms with Crippen LogP contribution >= 0.6 is 0 Å². The van der Waals surface area contributed by atoms with Gasteiger partial charge in [-0.25, -0.2) is 4.79 Å². The van der Waals surface area contributed by atoms with E-state index in [0.717, 1.165) is 6.42 Å². The van der Waals surface area contributed by atoms with Gasteiger partial charge in [-0.2, -0.15) is 0 Å². The summed E-state index contributed by atoms with van der Waals surface area (Å²) in [5.74, 6) is 0. The summed E-state index contributed by atoms with van der Waals surface area (Å²) in [7, 11) is 0. The summed E-state index contributed by atoms with van der Waals surface area (Å²) in [4.78, 5) is 9.92. The molecule has 1 aliphatic carbocycles. The molecule has 0 radical (unpaired) electrons. The molecular weight excluding hydrogens is 120 g/mol. The SMILES string of the molecule is CC1(C)CC1OC(=O)O. The molecule has 1 N–H and O–H groups in total. The van der Waals surface area contributed by atoms with Crippen LogP contribution < -0.4 is 0 Å². The third-order valence-corrected chi connectivity index (χ3v) is 1.67. The molecule has 0 saturated heterocycles. The molecule has 0 aromatic carbocycles. The molecule has 1 saturated carbocycles. The van der Waals surface area contributed by atoms with Gasteiger partial charge in [0.15, 0.2) is 0 Å². The molecule has 3 heteroatoms. The Balaban J connectivity index is 2.28. The van der Waals surface area contributed by atoms with Gasteiger partial charge >= 0.3 is 6.16 Å². The van der Waals surface area contributed by atoms with Crippen molar-refractivity contribution in [3.05, 3.63) is 0 Å². The van der Waals surface area contributed by atoms with Gasteiger partial charge in [0.2, 0.25) is 0 Å². The van der Waals surface area contributed by atoms with E-state index in [9.17, 15) is 4.79 Å². The zero-order valence-corrected chi connectivity index (χ0v) is 5.55. The Hall–Kier alpha value is -0.730. The van der Waals surface area contributed by atoms with Gasteiger partial charge in [0.25, 0.3) is 0 Å². The molecule has 0 aromatic heterocycles. The van der Waals surface area contributed by atoms with Gasteiger partial charge in [-0.05, 0) is 6.42 Å². The number of carbonyl (C=O) groups is 1. The Bertz CT molecular complexity index is 139. The molecule has 1 rings (SSSR count). The lowest BCUT2D eigenvalue weighted by Crippen LogP contribution is -2.06. The van der Waals surface area contributed by atoms with Gasteiger partial charge in [0.05, 0.1) is 0 Å². The van der Waals surface area contributed by atoms with Crippen molar-refractivity contribution in [2.75, 3.05) is 0 Å². The van der Waals surface area contributed by atoms with E-state index in [1.54, 1.807) is 0 Å². The number of hydrogen-bond donors (Lipinski definition) is 1. The summed E-state index contributed by atoms with van der Waals surface area (Å²) in [5, 5.41) is 8.13. The van der Waals surface area contributed by atoms with E-state index in [1.807, 2.05) is 13.8 Å². The van der Waals surface area contributed by atoms with Crippen LogP contribution in [0, 0.1) is 5.41 Å². The van der Waals surface area contributed by atoms with Gasteiger partial charge in [0.1, 0.15) is 6.10 Å². The lowest BCUT2D eigenvalue weighted by atomic mass is 10.2. The van der Waals surface area contributed by atoms with Crippen LogP contribution in [0.3, 0.4) is 0 Å². The first-order chi connectivity index (χ1) is 4.02. The van der Waals surface area contributed by atoms with Gasteiger partial charge in [-0.3, -0.25) is 0 Å². The standard InChI is InChI=1S/C6H10O3/c1-6(2)3-4(6)9-5(7)8/h4H,3H2,1-2H3,(H,7,8). The number of ether oxygens (including phenoxy) is 1. The minimum absolute atomic E-state index is 0.0602. The van der Waals surface area contributed by atoms with Crippen LogP contribution in [-0.2, 0) is 4.74 Å². The summed E-state index contributed by atoms with van der Waals surface area (Å²) >= 11 is 0. The topological polar surface area (TPSA) is 46.5 Å². The predicted octanol–water partition coefficient (Wildman–Crippen LogP) is 1.48. The highest BCUT2D eigenvalue weighted by molar-refractivity contribution is 5.57. The second kappa shape index (κ2) is 1.62. The second-order valence-corrected chi connectivity index (χ2v) is 3.07. The first-order valence-electron chi connectivity index (χ1n) is 2.92. The molecule has 1 unspecified atom stereocenters. The fraction of sp³-hybridized carbons (Fsp3) is 0.833. The molecule has 0 amide bonds. The van der Waals surface area contributed by atoms with Crippen molar-refractivity contribution in [2.45, 2.75) is 26.4 Å². The van der Waals surface area contributed by atoms with Gasteiger partial charge in [0, 0.05) is 5.41 Å². The van der Waals surface area contributed by atoms with Gasteiger partial charge in [-0.15, -0.1) is 0 Å². The van der Waals surface area contributed by atoms with Crippen LogP contribution in [0.1, 0.15) is 20.3 Å². The molecule has 0 bridgehead atoms. The fourth-order valence-corrected chi connectivity index (χ4v) is 0.742. The molecule has 9 heavy (non-hydrogen) atoms. The highest BCUT2D eigenvalue weighted by Gasteiger charge is 2.49. The summed E-state index contributed by atoms with van der Waals surface area (Å²) in [6, 6.07) is 0. The zero-order valence-electron chi connectivity index (χ0n) is 5.55. The van der Waals surface area contributed by atoms with Crippen molar-refractivity contribution in [2.24, 2.45) is 5.41 Å². The minimum Gasteiger partial charge on any atom is -0.450 e. The van der Waals surface area contributed by atoms with Crippen LogP contribution in [0.2, 0.25) is 0 Å². The summed E-state index contributed by atoms with van der Waals surface area (Å²) in [6.07, 6.45) is -0.361. The number of hydrogen-bond acceptors (Lipinski definition) is 2. The Labute approximate surface area is 53.6 Å². The summed E-state index contributed by atoms with van der Waals surface area (Å²) < 4.78 is 4.49. The average molecular weight is 130 g/mol. The molecule has 52 valence electrons. The second-order valence-electron chi connectivity index (χ2n) is 3.07. The molecule has 3 nitrogen and oxygen atoms in total. The Morgan fingerprint density at radius 2 is 2.22 bits per heavy atom. The van der Waals surface area contributed by atoms with E-state index in [1.165, 1.54) is 0 Å². The highest BCUT2D eigenvalue weighted by Crippen LogP contribution is 2.47. The van der Waals surface area contributed by atoms with E-state index in [-0.39, 0.29) is 11.5 Å². The van der Waals surface area contributed by atoms with E-state index in [0.29, 0.717) is 0 Å². The monoisotopic (exact) mass is 130 g/mol. The Morgan fingerprint density at radius 1 is 1.78 bits per heavy atom. The molecule has 1 atom stereocenters. The largest absolute Gasteiger partial charge is 0.506 e. The quantitative estimate of drug-likeness (QED) is 0.547. The highest BCUT2D eigenvalue weighted by atomic mass is 16.7. The molecule has 0 spiro atoms. The third kappa shape index (κ3) is 1.34. The van der Waals surface area contributed by atoms with Crippen LogP contribution in [0.4, 0.5) is 4.79 Å². The van der Waals surface area contributed by atoms with E-state index >= 15 is 0 Å². The Kier molecular flexibility index (Phi) is 1.15. The first-order valence-corrected chi connectivity index (χ1v) is 2.92. The van der Waals surface area contributed by atoms with Crippen LogP contribution in [0.15, 0.2) is 0 Å². The van der Waals surface area contributed by atoms with E-state index in [2.05, 4.69) is 4.74 Å². The van der Waals surface area contributed by atoms with E-state index < -0.39 is 6.16 Å². The molecule has 1 fully saturated rings. The number of carboxylic acid groups (broad SMARTS) is 1. The molecule has 1 aliphatic rings. The molecule has 0 heterocycles. The predicted molar refractivity (Wildman–Crippen MR) is 31.3 cm³/mol. The van der Waals surface area contributed by atoms with Crippen LogP contribution in [0.5, 0.6) is 0 Å². The maximum atomic E-state index is 9.92. The van der Waals surface area contributed by atoms with Crippen molar-refractivity contribution in [1.82, 2.24) is 0 Å². The molecular formula is C6H10O3. The summed E-state index contributed by atoms with van der Waals surface area (Å²) in [5.41, 5.74) is 0.0956. The lowest BCUT2D eigenvalue weighted by Gasteiger charge is -1.99. The average Bonchev–Trinajstić information content (AvgIpc) is 2.10. The lowest BCUT2D eigenvalue weighted by molar-refractivity contribution is 0.0747. The van der Waals surface area contributed by atoms with Crippen molar-refractivity contribution in [3.63, 3.8) is 0 Å². The maximum absolute atomic E-state index is 9.92. The maximum Gasteiger partial charge on any atom is 0.506 e. The first kappa shape index (κ1) is 6.39.